The Morgan fingerprint density at radius 2 is 1.97 bits per heavy atom. The van der Waals surface area contributed by atoms with E-state index in [9.17, 15) is 13.2 Å². The van der Waals surface area contributed by atoms with Crippen molar-refractivity contribution in [3.63, 3.8) is 0 Å². The first kappa shape index (κ1) is 21.1. The summed E-state index contributed by atoms with van der Waals surface area (Å²) in [6.07, 6.45) is 0.297. The summed E-state index contributed by atoms with van der Waals surface area (Å²) < 4.78 is 34.4. The SMILES string of the molecule is COc1ccc2nc(NC(=O)C3Cc4ccccc4CN3S(=O)(=O)c3cccs3)sc2c1. The maximum absolute atomic E-state index is 13.4. The summed E-state index contributed by atoms with van der Waals surface area (Å²) >= 11 is 2.47. The second kappa shape index (κ2) is 8.28. The van der Waals surface area contributed by atoms with E-state index in [0.717, 1.165) is 32.7 Å². The van der Waals surface area contributed by atoms with Gasteiger partial charge in [0.1, 0.15) is 16.0 Å². The van der Waals surface area contributed by atoms with E-state index in [-0.39, 0.29) is 10.8 Å². The van der Waals surface area contributed by atoms with E-state index in [1.807, 2.05) is 36.4 Å². The van der Waals surface area contributed by atoms with Crippen LogP contribution in [0.15, 0.2) is 64.2 Å². The zero-order chi connectivity index (χ0) is 22.3. The van der Waals surface area contributed by atoms with Crippen molar-refractivity contribution in [2.75, 3.05) is 12.4 Å². The van der Waals surface area contributed by atoms with E-state index in [1.165, 1.54) is 15.6 Å². The van der Waals surface area contributed by atoms with Crippen LogP contribution in [-0.2, 0) is 27.8 Å². The van der Waals surface area contributed by atoms with Crippen LogP contribution < -0.4 is 10.1 Å². The molecule has 10 heteroatoms. The normalized spacial score (nSPS) is 16.6. The topological polar surface area (TPSA) is 88.6 Å². The van der Waals surface area contributed by atoms with Gasteiger partial charge < -0.3 is 10.1 Å². The zero-order valence-corrected chi connectivity index (χ0v) is 19.5. The Balaban J connectivity index is 1.48. The van der Waals surface area contributed by atoms with Gasteiger partial charge in [-0.15, -0.1) is 11.3 Å². The average molecular weight is 486 g/mol. The summed E-state index contributed by atoms with van der Waals surface area (Å²) in [7, 11) is -2.23. The number of aromatic nitrogens is 1. The van der Waals surface area contributed by atoms with Gasteiger partial charge in [-0.05, 0) is 47.2 Å². The van der Waals surface area contributed by atoms with Crippen molar-refractivity contribution in [2.45, 2.75) is 23.2 Å². The van der Waals surface area contributed by atoms with Crippen molar-refractivity contribution in [2.24, 2.45) is 0 Å². The molecule has 32 heavy (non-hydrogen) atoms. The van der Waals surface area contributed by atoms with Crippen molar-refractivity contribution in [3.8, 4) is 5.75 Å². The minimum Gasteiger partial charge on any atom is -0.497 e. The number of sulfonamides is 1. The molecule has 0 fully saturated rings. The fourth-order valence-corrected chi connectivity index (χ4v) is 7.36. The monoisotopic (exact) mass is 485 g/mol. The maximum atomic E-state index is 13.4. The number of carbonyl (C=O) groups is 1. The van der Waals surface area contributed by atoms with Gasteiger partial charge in [-0.1, -0.05) is 41.7 Å². The van der Waals surface area contributed by atoms with Gasteiger partial charge in [0, 0.05) is 6.54 Å². The van der Waals surface area contributed by atoms with Crippen molar-refractivity contribution >= 4 is 54.0 Å². The van der Waals surface area contributed by atoms with Crippen LogP contribution in [0.2, 0.25) is 0 Å². The summed E-state index contributed by atoms with van der Waals surface area (Å²) in [4.78, 5) is 17.8. The Morgan fingerprint density at radius 1 is 1.16 bits per heavy atom. The molecule has 1 aliphatic heterocycles. The number of methoxy groups -OCH3 is 1. The fraction of sp³-hybridized carbons (Fsp3) is 0.182. The second-order valence-corrected chi connectivity index (χ2v) is 11.4. The molecular weight excluding hydrogens is 466 g/mol. The van der Waals surface area contributed by atoms with E-state index in [2.05, 4.69) is 10.3 Å². The lowest BCUT2D eigenvalue weighted by molar-refractivity contribution is -0.120. The first-order chi connectivity index (χ1) is 15.5. The zero-order valence-electron chi connectivity index (χ0n) is 17.0. The molecule has 2 aromatic carbocycles. The number of thiophene rings is 1. The molecule has 7 nitrogen and oxygen atoms in total. The molecule has 1 amide bonds. The number of nitrogens with zero attached hydrogens (tertiary/aromatic N) is 2. The van der Waals surface area contributed by atoms with E-state index in [1.54, 1.807) is 30.7 Å². The molecule has 5 rings (SSSR count). The number of hydrogen-bond donors (Lipinski definition) is 1. The molecule has 0 aliphatic carbocycles. The molecule has 1 atom stereocenters. The molecule has 2 aromatic heterocycles. The van der Waals surface area contributed by atoms with Crippen LogP contribution in [0.4, 0.5) is 5.13 Å². The van der Waals surface area contributed by atoms with Crippen LogP contribution in [0.25, 0.3) is 10.2 Å². The smallest absolute Gasteiger partial charge is 0.253 e. The van der Waals surface area contributed by atoms with E-state index >= 15 is 0 Å². The molecular formula is C22H19N3O4S3. The predicted octanol–water partition coefficient (Wildman–Crippen LogP) is 4.12. The molecule has 0 saturated heterocycles. The number of hydrogen-bond acceptors (Lipinski definition) is 7. The van der Waals surface area contributed by atoms with Crippen LogP contribution in [0.5, 0.6) is 5.75 Å². The van der Waals surface area contributed by atoms with Crippen molar-refractivity contribution < 1.29 is 17.9 Å². The average Bonchev–Trinajstić information content (AvgIpc) is 3.47. The molecule has 0 radical (unpaired) electrons. The van der Waals surface area contributed by atoms with E-state index in [0.29, 0.717) is 17.3 Å². The third-order valence-corrected chi connectivity index (χ3v) is 9.55. The summed E-state index contributed by atoms with van der Waals surface area (Å²) in [5.74, 6) is 0.307. The van der Waals surface area contributed by atoms with Gasteiger partial charge in [-0.3, -0.25) is 4.79 Å². The lowest BCUT2D eigenvalue weighted by atomic mass is 9.95. The number of fused-ring (bicyclic) bond motifs is 2. The van der Waals surface area contributed by atoms with Crippen LogP contribution in [0.3, 0.4) is 0 Å². The van der Waals surface area contributed by atoms with Gasteiger partial charge in [0.25, 0.3) is 10.0 Å². The van der Waals surface area contributed by atoms with Crippen molar-refractivity contribution in [3.05, 3.63) is 71.1 Å². The quantitative estimate of drug-likeness (QED) is 0.459. The van der Waals surface area contributed by atoms with Crippen LogP contribution >= 0.6 is 22.7 Å². The lowest BCUT2D eigenvalue weighted by Crippen LogP contribution is -2.50. The minimum atomic E-state index is -3.82. The molecule has 0 saturated carbocycles. The Bertz CT molecular complexity index is 1400. The standard InChI is InChI=1S/C22H19N3O4S3/c1-29-16-8-9-17-19(12-16)31-22(23-17)24-21(26)18-11-14-5-2-3-6-15(14)13-25(18)32(27,28)20-7-4-10-30-20/h2-10,12,18H,11,13H2,1H3,(H,23,24,26). The Hall–Kier alpha value is -2.79. The predicted molar refractivity (Wildman–Crippen MR) is 126 cm³/mol. The molecule has 3 heterocycles. The Morgan fingerprint density at radius 3 is 2.72 bits per heavy atom. The highest BCUT2D eigenvalue weighted by Gasteiger charge is 2.40. The van der Waals surface area contributed by atoms with Gasteiger partial charge in [-0.2, -0.15) is 4.31 Å². The van der Waals surface area contributed by atoms with Crippen molar-refractivity contribution in [1.29, 1.82) is 0 Å². The lowest BCUT2D eigenvalue weighted by Gasteiger charge is -2.34. The van der Waals surface area contributed by atoms with Gasteiger partial charge in [-0.25, -0.2) is 13.4 Å². The third kappa shape index (κ3) is 3.79. The fourth-order valence-electron chi connectivity index (χ4n) is 3.77. The Labute approximate surface area is 193 Å². The minimum absolute atomic E-state index is 0.144. The summed E-state index contributed by atoms with van der Waals surface area (Å²) in [5, 5.41) is 4.98. The second-order valence-electron chi connectivity index (χ2n) is 7.31. The van der Waals surface area contributed by atoms with Crippen LogP contribution in [0.1, 0.15) is 11.1 Å². The maximum Gasteiger partial charge on any atom is 0.253 e. The third-order valence-electron chi connectivity index (χ3n) is 5.39. The molecule has 0 bridgehead atoms. The molecule has 1 aliphatic rings. The Kier molecular flexibility index (Phi) is 5.46. The van der Waals surface area contributed by atoms with Gasteiger partial charge in [0.2, 0.25) is 5.91 Å². The number of nitrogens with one attached hydrogen (secondary N) is 1. The summed E-state index contributed by atoms with van der Waals surface area (Å²) in [6, 6.07) is 15.5. The van der Waals surface area contributed by atoms with Gasteiger partial charge in [0.05, 0.1) is 17.3 Å². The molecule has 0 spiro atoms. The number of ether oxygens (including phenoxy) is 1. The van der Waals surface area contributed by atoms with Crippen molar-refractivity contribution in [1.82, 2.24) is 9.29 Å². The van der Waals surface area contributed by atoms with Gasteiger partial charge in [0.15, 0.2) is 5.13 Å². The molecule has 164 valence electrons. The first-order valence-electron chi connectivity index (χ1n) is 9.83. The van der Waals surface area contributed by atoms with Gasteiger partial charge >= 0.3 is 0 Å². The largest absolute Gasteiger partial charge is 0.497 e. The van der Waals surface area contributed by atoms with Crippen LogP contribution in [0, 0.1) is 0 Å². The highest BCUT2D eigenvalue weighted by molar-refractivity contribution is 7.91. The highest BCUT2D eigenvalue weighted by atomic mass is 32.2. The number of benzene rings is 2. The van der Waals surface area contributed by atoms with E-state index < -0.39 is 22.0 Å². The number of anilines is 1. The number of amides is 1. The highest BCUT2D eigenvalue weighted by Crippen LogP contribution is 2.33. The number of thiazole rings is 1. The summed E-state index contributed by atoms with van der Waals surface area (Å²) in [6.45, 7) is 0.144. The molecule has 4 aromatic rings. The number of rotatable bonds is 5. The number of carbonyl (C=O) groups excluding carboxylic acids is 1. The first-order valence-corrected chi connectivity index (χ1v) is 13.0. The van der Waals surface area contributed by atoms with Crippen LogP contribution in [-0.4, -0.2) is 36.8 Å². The molecule has 1 N–H and O–H groups in total. The molecule has 1 unspecified atom stereocenters. The summed E-state index contributed by atoms with van der Waals surface area (Å²) in [5.41, 5.74) is 2.62. The van der Waals surface area contributed by atoms with E-state index in [4.69, 9.17) is 4.74 Å².